The molecule has 1 unspecified atom stereocenters. The molecule has 0 bridgehead atoms. The number of nitrogens with zero attached hydrogens (tertiary/aromatic N) is 3. The second-order valence-corrected chi connectivity index (χ2v) is 3.98. The summed E-state index contributed by atoms with van der Waals surface area (Å²) in [6.07, 6.45) is 1.02. The molecule has 6 heteroatoms. The van der Waals surface area contributed by atoms with E-state index < -0.39 is 5.03 Å². The van der Waals surface area contributed by atoms with Crippen LogP contribution >= 0.6 is 0 Å². The van der Waals surface area contributed by atoms with Crippen LogP contribution < -0.4 is 0 Å². The lowest BCUT2D eigenvalue weighted by Crippen LogP contribution is -2.38. The molecule has 0 aromatic carbocycles. The highest BCUT2D eigenvalue weighted by molar-refractivity contribution is 4.89. The first-order valence-corrected chi connectivity index (χ1v) is 5.45. The molecular weight excluding hydrogens is 210 g/mol. The van der Waals surface area contributed by atoms with E-state index in [4.69, 9.17) is 4.74 Å². The van der Waals surface area contributed by atoms with Crippen LogP contribution in [0.2, 0.25) is 0 Å². The van der Waals surface area contributed by atoms with Crippen molar-refractivity contribution in [2.75, 3.05) is 33.4 Å². The molecule has 1 rings (SSSR count). The quantitative estimate of drug-likeness (QED) is 0.501. The lowest BCUT2D eigenvalue weighted by Gasteiger charge is -2.26. The van der Waals surface area contributed by atoms with Gasteiger partial charge in [-0.25, -0.2) is 10.1 Å². The van der Waals surface area contributed by atoms with Crippen molar-refractivity contribution >= 4 is 0 Å². The predicted molar refractivity (Wildman–Crippen MR) is 60.1 cm³/mol. The van der Waals surface area contributed by atoms with Gasteiger partial charge in [0.25, 0.3) is 0 Å². The van der Waals surface area contributed by atoms with Crippen molar-refractivity contribution in [3.8, 4) is 0 Å². The number of ether oxygens (including phenoxy) is 1. The largest absolute Gasteiger partial charge is 0.381 e. The Kier molecular flexibility index (Phi) is 4.54. The van der Waals surface area contributed by atoms with Gasteiger partial charge in [-0.3, -0.25) is 0 Å². The van der Waals surface area contributed by atoms with E-state index in [0.29, 0.717) is 18.3 Å². The van der Waals surface area contributed by atoms with E-state index in [1.807, 2.05) is 11.9 Å². The van der Waals surface area contributed by atoms with Crippen molar-refractivity contribution in [2.45, 2.75) is 13.3 Å². The Hall–Kier alpha value is -1.30. The molecule has 0 aromatic heterocycles. The van der Waals surface area contributed by atoms with Crippen LogP contribution in [0.25, 0.3) is 0 Å². The van der Waals surface area contributed by atoms with Gasteiger partial charge in [0.15, 0.2) is 10.9 Å². The van der Waals surface area contributed by atoms with Crippen LogP contribution in [0.3, 0.4) is 0 Å². The van der Waals surface area contributed by atoms with Crippen molar-refractivity contribution in [3.63, 3.8) is 0 Å². The summed E-state index contributed by atoms with van der Waals surface area (Å²) in [6, 6.07) is 0. The summed E-state index contributed by atoms with van der Waals surface area (Å²) in [7, 11) is 1.83. The van der Waals surface area contributed by atoms with Crippen molar-refractivity contribution in [1.29, 1.82) is 0 Å². The van der Waals surface area contributed by atoms with E-state index in [2.05, 4.69) is 6.58 Å². The summed E-state index contributed by atoms with van der Waals surface area (Å²) < 4.78 is 5.27. The molecule has 6 nitrogen and oxygen atoms in total. The van der Waals surface area contributed by atoms with Gasteiger partial charge in [0.2, 0.25) is 0 Å². The smallest absolute Gasteiger partial charge is 0.166 e. The summed E-state index contributed by atoms with van der Waals surface area (Å²) >= 11 is 0. The van der Waals surface area contributed by atoms with E-state index in [1.165, 1.54) is 0 Å². The summed E-state index contributed by atoms with van der Waals surface area (Å²) in [5.41, 5.74) is 0. The Morgan fingerprint density at radius 2 is 2.38 bits per heavy atom. The van der Waals surface area contributed by atoms with Gasteiger partial charge in [-0.2, -0.15) is 0 Å². The molecule has 0 aliphatic carbocycles. The fourth-order valence-electron chi connectivity index (χ4n) is 1.81. The summed E-state index contributed by atoms with van der Waals surface area (Å²) in [4.78, 5) is 12.6. The van der Waals surface area contributed by atoms with Crippen LogP contribution in [0, 0.1) is 16.0 Å². The highest BCUT2D eigenvalue weighted by Crippen LogP contribution is 2.16. The lowest BCUT2D eigenvalue weighted by molar-refractivity contribution is -0.646. The topological polar surface area (TPSA) is 58.8 Å². The predicted octanol–water partition coefficient (Wildman–Crippen LogP) is 0.940. The molecule has 1 heterocycles. The fraction of sp³-hybridized carbons (Fsp3) is 0.800. The van der Waals surface area contributed by atoms with E-state index in [0.717, 1.165) is 31.2 Å². The number of hydrogen-bond acceptors (Lipinski definition) is 4. The number of hydrogen-bond donors (Lipinski definition) is 0. The maximum absolute atomic E-state index is 10.7. The summed E-state index contributed by atoms with van der Waals surface area (Å²) in [6.45, 7) is 8.09. The monoisotopic (exact) mass is 229 g/mol. The minimum atomic E-state index is -0.427. The molecule has 0 aromatic rings. The molecular formula is C10H19N3O3. The minimum absolute atomic E-state index is 0.317. The highest BCUT2D eigenvalue weighted by Gasteiger charge is 2.23. The van der Waals surface area contributed by atoms with Crippen LogP contribution in [0.4, 0.5) is 0 Å². The van der Waals surface area contributed by atoms with Crippen molar-refractivity contribution in [1.82, 2.24) is 9.91 Å². The van der Waals surface area contributed by atoms with Gasteiger partial charge in [0.1, 0.15) is 0 Å². The summed E-state index contributed by atoms with van der Waals surface area (Å²) in [5.74, 6) is 0.881. The molecule has 1 fully saturated rings. The first-order chi connectivity index (χ1) is 7.56. The Labute approximate surface area is 95.6 Å². The molecule has 16 heavy (non-hydrogen) atoms. The van der Waals surface area contributed by atoms with Gasteiger partial charge in [-0.15, -0.1) is 0 Å². The molecule has 1 atom stereocenters. The van der Waals surface area contributed by atoms with Gasteiger partial charge in [-0.1, -0.05) is 11.6 Å². The van der Waals surface area contributed by atoms with Gasteiger partial charge in [-0.05, 0) is 13.3 Å². The van der Waals surface area contributed by atoms with Gasteiger partial charge >= 0.3 is 0 Å². The van der Waals surface area contributed by atoms with Crippen molar-refractivity contribution in [2.24, 2.45) is 5.92 Å². The number of hydrazine groups is 1. The molecule has 1 aliphatic heterocycles. The third-order valence-electron chi connectivity index (χ3n) is 2.79. The van der Waals surface area contributed by atoms with Gasteiger partial charge < -0.3 is 9.64 Å². The normalized spacial score (nSPS) is 19.5. The third-order valence-corrected chi connectivity index (χ3v) is 2.79. The number of rotatable bonds is 6. The summed E-state index contributed by atoms with van der Waals surface area (Å²) in [5, 5.41) is 11.4. The zero-order valence-corrected chi connectivity index (χ0v) is 9.89. The second kappa shape index (κ2) is 5.69. The Morgan fingerprint density at radius 3 is 2.81 bits per heavy atom. The van der Waals surface area contributed by atoms with E-state index in [1.54, 1.807) is 6.92 Å². The lowest BCUT2D eigenvalue weighted by atomic mass is 10.1. The Balaban J connectivity index is 2.48. The van der Waals surface area contributed by atoms with E-state index in [9.17, 15) is 10.1 Å². The first-order valence-electron chi connectivity index (χ1n) is 5.45. The standard InChI is InChI=1S/C10H19N3O3/c1-4-12(13(14)15)9(2)11(3)7-10-5-6-16-8-10/h10H,2,4-8H2,1,3H3. The molecule has 92 valence electrons. The van der Waals surface area contributed by atoms with Gasteiger partial charge in [0.05, 0.1) is 13.2 Å². The van der Waals surface area contributed by atoms with E-state index >= 15 is 0 Å². The van der Waals surface area contributed by atoms with Gasteiger partial charge in [0, 0.05) is 26.1 Å². The van der Waals surface area contributed by atoms with Crippen LogP contribution in [-0.4, -0.2) is 48.3 Å². The molecule has 0 radical (unpaired) electrons. The maximum Gasteiger partial charge on any atom is 0.166 e. The SMILES string of the molecule is C=C(N(C)CC1CCOC1)N(CC)[N+](=O)[O-]. The Morgan fingerprint density at radius 1 is 1.69 bits per heavy atom. The molecule has 0 N–H and O–H groups in total. The molecule has 1 aliphatic rings. The number of nitro groups is 1. The Bertz CT molecular complexity index is 264. The van der Waals surface area contributed by atoms with Crippen LogP contribution in [0.5, 0.6) is 0 Å². The minimum Gasteiger partial charge on any atom is -0.381 e. The average Bonchev–Trinajstić information content (AvgIpc) is 2.70. The molecule has 0 amide bonds. The molecule has 0 spiro atoms. The zero-order valence-electron chi connectivity index (χ0n) is 9.89. The molecule has 1 saturated heterocycles. The van der Waals surface area contributed by atoms with Crippen molar-refractivity contribution < 1.29 is 9.77 Å². The van der Waals surface area contributed by atoms with Crippen molar-refractivity contribution in [3.05, 3.63) is 22.5 Å². The molecule has 0 saturated carbocycles. The van der Waals surface area contributed by atoms with Crippen LogP contribution in [-0.2, 0) is 4.74 Å². The average molecular weight is 229 g/mol. The van der Waals surface area contributed by atoms with Crippen LogP contribution in [0.1, 0.15) is 13.3 Å². The van der Waals surface area contributed by atoms with E-state index in [-0.39, 0.29) is 0 Å². The second-order valence-electron chi connectivity index (χ2n) is 3.98. The third kappa shape index (κ3) is 3.10. The zero-order chi connectivity index (χ0) is 12.1. The maximum atomic E-state index is 10.7. The van der Waals surface area contributed by atoms with Crippen LogP contribution in [0.15, 0.2) is 12.4 Å². The fourth-order valence-corrected chi connectivity index (χ4v) is 1.81. The highest BCUT2D eigenvalue weighted by atomic mass is 16.7. The first kappa shape index (κ1) is 12.8.